The molecule has 4 aromatic rings. The zero-order chi connectivity index (χ0) is 26.0. The van der Waals surface area contributed by atoms with Gasteiger partial charge in [-0.2, -0.15) is 13.2 Å². The Morgan fingerprint density at radius 3 is 2.17 bits per heavy atom. The molecule has 0 fully saturated rings. The van der Waals surface area contributed by atoms with Gasteiger partial charge in [0.1, 0.15) is 5.69 Å². The second kappa shape index (κ2) is 9.83. The lowest BCUT2D eigenvalue weighted by atomic mass is 9.92. The number of nitrogens with zero attached hydrogens (tertiary/aromatic N) is 2. The molecule has 3 aromatic carbocycles. The fourth-order valence-electron chi connectivity index (χ4n) is 3.74. The lowest BCUT2D eigenvalue weighted by Gasteiger charge is -2.19. The Labute approximate surface area is 209 Å². The summed E-state index contributed by atoms with van der Waals surface area (Å²) in [7, 11) is 1.82. The molecular weight excluding hydrogens is 493 g/mol. The molecule has 0 saturated carbocycles. The van der Waals surface area contributed by atoms with Crippen LogP contribution < -0.4 is 4.90 Å². The first-order valence-corrected chi connectivity index (χ1v) is 11.0. The molecule has 5 nitrogen and oxygen atoms in total. The number of halogens is 4. The highest BCUT2D eigenvalue weighted by molar-refractivity contribution is 6.30. The summed E-state index contributed by atoms with van der Waals surface area (Å²) in [5, 5.41) is 10.3. The van der Waals surface area contributed by atoms with Crippen molar-refractivity contribution in [2.24, 2.45) is 0 Å². The third-order valence-corrected chi connectivity index (χ3v) is 5.87. The van der Waals surface area contributed by atoms with Crippen molar-refractivity contribution in [2.75, 3.05) is 11.9 Å². The number of pyridine rings is 1. The van der Waals surface area contributed by atoms with E-state index in [1.54, 1.807) is 18.2 Å². The number of aromatic carboxylic acids is 1. The standard InChI is InChI=1S/C27H18ClF3N2O3/c1-33(18-9-7-17(28)8-10-18)19-11-13-24(32-15-19)25(34)16-6-12-20(22(14-16)26(35)36)21-4-2-3-5-23(21)27(29,30)31/h2-15H,1H3,(H,35,36). The van der Waals surface area contributed by atoms with E-state index in [9.17, 15) is 27.9 Å². The Bertz CT molecular complexity index is 1440. The third kappa shape index (κ3) is 5.08. The Kier molecular flexibility index (Phi) is 6.81. The van der Waals surface area contributed by atoms with Crippen molar-refractivity contribution < 1.29 is 27.9 Å². The first kappa shape index (κ1) is 24.9. The van der Waals surface area contributed by atoms with Gasteiger partial charge in [0.15, 0.2) is 0 Å². The first-order valence-electron chi connectivity index (χ1n) is 10.6. The number of carboxylic acid groups (broad SMARTS) is 1. The van der Waals surface area contributed by atoms with Gasteiger partial charge in [-0.15, -0.1) is 0 Å². The second-order valence-electron chi connectivity index (χ2n) is 7.88. The summed E-state index contributed by atoms with van der Waals surface area (Å²) in [6.45, 7) is 0. The van der Waals surface area contributed by atoms with Crippen molar-refractivity contribution in [3.8, 4) is 11.1 Å². The van der Waals surface area contributed by atoms with E-state index in [1.807, 2.05) is 24.1 Å². The molecular formula is C27H18ClF3N2O3. The van der Waals surface area contributed by atoms with E-state index in [1.165, 1.54) is 42.6 Å². The van der Waals surface area contributed by atoms with Crippen LogP contribution in [0.25, 0.3) is 11.1 Å². The van der Waals surface area contributed by atoms with Crippen LogP contribution in [0.4, 0.5) is 24.5 Å². The maximum absolute atomic E-state index is 13.5. The van der Waals surface area contributed by atoms with Crippen molar-refractivity contribution in [2.45, 2.75) is 6.18 Å². The van der Waals surface area contributed by atoms with Crippen molar-refractivity contribution in [3.63, 3.8) is 0 Å². The summed E-state index contributed by atoms with van der Waals surface area (Å²) in [5.41, 5.74) is -0.213. The van der Waals surface area contributed by atoms with Gasteiger partial charge in [-0.1, -0.05) is 41.9 Å². The fraction of sp³-hybridized carbons (Fsp3) is 0.0741. The van der Waals surface area contributed by atoms with E-state index in [4.69, 9.17) is 11.6 Å². The van der Waals surface area contributed by atoms with E-state index in [2.05, 4.69) is 4.98 Å². The van der Waals surface area contributed by atoms with Crippen LogP contribution in [0, 0.1) is 0 Å². The van der Waals surface area contributed by atoms with Gasteiger partial charge in [0.05, 0.1) is 23.0 Å². The molecule has 182 valence electrons. The Hall–Kier alpha value is -4.17. The number of benzene rings is 3. The fourth-order valence-corrected chi connectivity index (χ4v) is 3.87. The minimum absolute atomic E-state index is 0.00746. The van der Waals surface area contributed by atoms with Gasteiger partial charge >= 0.3 is 12.1 Å². The average molecular weight is 511 g/mol. The van der Waals surface area contributed by atoms with E-state index in [0.717, 1.165) is 17.8 Å². The summed E-state index contributed by atoms with van der Waals surface area (Å²) < 4.78 is 40.5. The highest BCUT2D eigenvalue weighted by atomic mass is 35.5. The lowest BCUT2D eigenvalue weighted by Crippen LogP contribution is -2.12. The van der Waals surface area contributed by atoms with E-state index < -0.39 is 29.1 Å². The highest BCUT2D eigenvalue weighted by Crippen LogP contribution is 2.38. The van der Waals surface area contributed by atoms with Gasteiger partial charge in [0.25, 0.3) is 0 Å². The van der Waals surface area contributed by atoms with E-state index in [0.29, 0.717) is 10.7 Å². The van der Waals surface area contributed by atoms with Crippen LogP contribution in [0.5, 0.6) is 0 Å². The summed E-state index contributed by atoms with van der Waals surface area (Å²) in [5.74, 6) is -2.02. The molecule has 0 radical (unpaired) electrons. The third-order valence-electron chi connectivity index (χ3n) is 5.62. The Morgan fingerprint density at radius 2 is 1.56 bits per heavy atom. The number of hydrogen-bond acceptors (Lipinski definition) is 4. The predicted molar refractivity (Wildman–Crippen MR) is 131 cm³/mol. The molecule has 0 aliphatic heterocycles. The molecule has 1 N–H and O–H groups in total. The molecule has 9 heteroatoms. The molecule has 1 aromatic heterocycles. The zero-order valence-corrected chi connectivity index (χ0v) is 19.5. The van der Waals surface area contributed by atoms with Gasteiger partial charge in [0, 0.05) is 23.3 Å². The normalized spacial score (nSPS) is 11.2. The van der Waals surface area contributed by atoms with Gasteiger partial charge < -0.3 is 10.0 Å². The summed E-state index contributed by atoms with van der Waals surface area (Å²) in [6.07, 6.45) is -3.18. The Balaban J connectivity index is 1.66. The summed E-state index contributed by atoms with van der Waals surface area (Å²) in [4.78, 5) is 31.0. The van der Waals surface area contributed by atoms with E-state index >= 15 is 0 Å². The summed E-state index contributed by atoms with van der Waals surface area (Å²) in [6, 6.07) is 18.6. The molecule has 36 heavy (non-hydrogen) atoms. The molecule has 0 saturated heterocycles. The molecule has 1 heterocycles. The highest BCUT2D eigenvalue weighted by Gasteiger charge is 2.34. The van der Waals surface area contributed by atoms with Crippen LogP contribution in [-0.4, -0.2) is 28.9 Å². The summed E-state index contributed by atoms with van der Waals surface area (Å²) >= 11 is 5.92. The molecule has 0 bridgehead atoms. The number of ketones is 1. The maximum Gasteiger partial charge on any atom is 0.417 e. The van der Waals surface area contributed by atoms with E-state index in [-0.39, 0.29) is 22.4 Å². The van der Waals surface area contributed by atoms with Gasteiger partial charge in [-0.3, -0.25) is 9.78 Å². The van der Waals surface area contributed by atoms with Crippen molar-refractivity contribution in [1.82, 2.24) is 4.98 Å². The number of hydrogen-bond donors (Lipinski definition) is 1. The quantitative estimate of drug-likeness (QED) is 0.280. The number of carboxylic acids is 1. The minimum atomic E-state index is -4.67. The molecule has 4 rings (SSSR count). The van der Waals surface area contributed by atoms with Crippen LogP contribution in [0.2, 0.25) is 5.02 Å². The van der Waals surface area contributed by atoms with Crippen LogP contribution in [0.3, 0.4) is 0 Å². The molecule has 0 amide bonds. The largest absolute Gasteiger partial charge is 0.478 e. The van der Waals surface area contributed by atoms with Gasteiger partial charge in [-0.25, -0.2) is 4.79 Å². The smallest absolute Gasteiger partial charge is 0.417 e. The van der Waals surface area contributed by atoms with Crippen LogP contribution in [0.15, 0.2) is 85.1 Å². The maximum atomic E-state index is 13.5. The molecule has 0 unspecified atom stereocenters. The average Bonchev–Trinajstić information content (AvgIpc) is 2.87. The Morgan fingerprint density at radius 1 is 0.889 bits per heavy atom. The first-order chi connectivity index (χ1) is 17.1. The van der Waals surface area contributed by atoms with Crippen LogP contribution in [-0.2, 0) is 6.18 Å². The molecule has 0 aliphatic carbocycles. The molecule has 0 aliphatic rings. The molecule has 0 spiro atoms. The van der Waals surface area contributed by atoms with Crippen molar-refractivity contribution in [1.29, 1.82) is 0 Å². The predicted octanol–water partition coefficient (Wildman–Crippen LogP) is 7.12. The second-order valence-corrected chi connectivity index (χ2v) is 8.31. The SMILES string of the molecule is CN(c1ccc(Cl)cc1)c1ccc(C(=O)c2ccc(-c3ccccc3C(F)(F)F)c(C(=O)O)c2)nc1. The molecule has 0 atom stereocenters. The number of anilines is 2. The van der Waals surface area contributed by atoms with Crippen molar-refractivity contribution >= 4 is 34.7 Å². The van der Waals surface area contributed by atoms with Crippen molar-refractivity contribution in [3.05, 3.63) is 112 Å². The number of aromatic nitrogens is 1. The topological polar surface area (TPSA) is 70.5 Å². The van der Waals surface area contributed by atoms with Crippen LogP contribution >= 0.6 is 11.6 Å². The van der Waals surface area contributed by atoms with Crippen LogP contribution in [0.1, 0.15) is 32.0 Å². The minimum Gasteiger partial charge on any atom is -0.478 e. The number of carbonyl (C=O) groups excluding carboxylic acids is 1. The number of carbonyl (C=O) groups is 2. The zero-order valence-electron chi connectivity index (χ0n) is 18.8. The monoisotopic (exact) mass is 510 g/mol. The van der Waals surface area contributed by atoms with Gasteiger partial charge in [-0.05, 0) is 59.7 Å². The number of rotatable bonds is 6. The lowest BCUT2D eigenvalue weighted by molar-refractivity contribution is -0.137. The van der Waals surface area contributed by atoms with Gasteiger partial charge in [0.2, 0.25) is 5.78 Å². The number of alkyl halides is 3.